The molecule has 0 radical (unpaired) electrons. The molecule has 2 nitrogen and oxygen atoms in total. The Morgan fingerprint density at radius 2 is 1.71 bits per heavy atom. The molecule has 0 saturated heterocycles. The van der Waals surface area contributed by atoms with E-state index in [0.29, 0.717) is 18.1 Å². The summed E-state index contributed by atoms with van der Waals surface area (Å²) in [5, 5.41) is 0. The molecule has 0 aliphatic heterocycles. The Morgan fingerprint density at radius 1 is 1.00 bits per heavy atom. The zero-order chi connectivity index (χ0) is 25.0. The average Bonchev–Trinajstić information content (AvgIpc) is 2.83. The number of hydrogen-bond acceptors (Lipinski definition) is 2. The lowest BCUT2D eigenvalue weighted by Crippen LogP contribution is -2.17. The first kappa shape index (κ1) is 25.2. The van der Waals surface area contributed by atoms with Crippen molar-refractivity contribution in [2.24, 2.45) is 17.8 Å². The van der Waals surface area contributed by atoms with Crippen LogP contribution in [-0.4, -0.2) is 5.97 Å². The quantitative estimate of drug-likeness (QED) is 0.183. The molecule has 0 bridgehead atoms. The summed E-state index contributed by atoms with van der Waals surface area (Å²) in [6, 6.07) is 8.81. The molecular weight excluding hydrogens is 456 g/mol. The molecule has 6 heteroatoms. The molecule has 2 aromatic carbocycles. The molecule has 4 rings (SSSR count). The minimum atomic E-state index is -4.81. The molecule has 1 unspecified atom stereocenters. The maximum atomic E-state index is 13.7. The van der Waals surface area contributed by atoms with Crippen LogP contribution in [0.2, 0.25) is 0 Å². The van der Waals surface area contributed by atoms with E-state index in [1.165, 1.54) is 32.1 Å². The van der Waals surface area contributed by atoms with Crippen molar-refractivity contribution in [1.82, 2.24) is 0 Å². The number of halogens is 4. The van der Waals surface area contributed by atoms with Gasteiger partial charge in [0.05, 0.1) is 11.1 Å². The van der Waals surface area contributed by atoms with Gasteiger partial charge in [-0.05, 0) is 79.7 Å². The Morgan fingerprint density at radius 3 is 2.31 bits per heavy atom. The third-order valence-corrected chi connectivity index (χ3v) is 7.19. The van der Waals surface area contributed by atoms with Gasteiger partial charge in [0.15, 0.2) is 0 Å². The Labute approximate surface area is 203 Å². The number of rotatable bonds is 5. The van der Waals surface area contributed by atoms with Gasteiger partial charge in [0.25, 0.3) is 0 Å². The maximum absolute atomic E-state index is 13.7. The van der Waals surface area contributed by atoms with Gasteiger partial charge in [-0.1, -0.05) is 55.7 Å². The van der Waals surface area contributed by atoms with Crippen LogP contribution >= 0.6 is 0 Å². The van der Waals surface area contributed by atoms with Gasteiger partial charge in [-0.2, -0.15) is 13.2 Å². The number of carbonyl (C=O) groups excluding carboxylic acids is 1. The van der Waals surface area contributed by atoms with Crippen molar-refractivity contribution in [2.75, 3.05) is 0 Å². The normalized spacial score (nSPS) is 23.2. The number of esters is 1. The summed E-state index contributed by atoms with van der Waals surface area (Å²) >= 11 is 0. The minimum Gasteiger partial charge on any atom is -0.423 e. The molecule has 2 aliphatic rings. The Kier molecular flexibility index (Phi) is 7.78. The third kappa shape index (κ3) is 6.62. The molecule has 2 aliphatic carbocycles. The first-order valence-electron chi connectivity index (χ1n) is 12.2. The van der Waals surface area contributed by atoms with Crippen molar-refractivity contribution in [1.29, 1.82) is 0 Å². The largest absolute Gasteiger partial charge is 0.423 e. The van der Waals surface area contributed by atoms with Crippen LogP contribution in [0, 0.1) is 23.6 Å². The number of hydrogen-bond donors (Lipinski definition) is 0. The number of benzene rings is 2. The van der Waals surface area contributed by atoms with E-state index < -0.39 is 23.5 Å². The summed E-state index contributed by atoms with van der Waals surface area (Å²) in [5.74, 6) is -0.380. The standard InChI is InChI=1S/C29H30F4O2/c1-19-2-10-22(11-3-19)23-12-6-20(7-13-23)4-5-21-8-14-24(15-9-21)28(34)35-25-16-17-26(27(30)18-25)29(31,32)33/h4-5,8-9,12,14-20,22H,2-3,6-7,10-11,13H2,1H3/b5-4+. The molecule has 35 heavy (non-hydrogen) atoms. The number of ether oxygens (including phenoxy) is 1. The second-order valence-electron chi connectivity index (χ2n) is 9.78. The lowest BCUT2D eigenvalue weighted by Gasteiger charge is -2.31. The Hall–Kier alpha value is -2.89. The van der Waals surface area contributed by atoms with Gasteiger partial charge in [-0.3, -0.25) is 0 Å². The summed E-state index contributed by atoms with van der Waals surface area (Å²) in [6.07, 6.45) is 10.6. The van der Waals surface area contributed by atoms with Crippen LogP contribution in [0.25, 0.3) is 6.08 Å². The molecule has 2 aromatic rings. The number of alkyl halides is 3. The predicted molar refractivity (Wildman–Crippen MR) is 128 cm³/mol. The van der Waals surface area contributed by atoms with E-state index in [-0.39, 0.29) is 11.3 Å². The molecule has 1 atom stereocenters. The van der Waals surface area contributed by atoms with Crippen LogP contribution in [-0.2, 0) is 6.18 Å². The first-order chi connectivity index (χ1) is 16.7. The van der Waals surface area contributed by atoms with Crippen molar-refractivity contribution in [3.05, 3.63) is 82.7 Å². The van der Waals surface area contributed by atoms with Crippen LogP contribution < -0.4 is 4.74 Å². The van der Waals surface area contributed by atoms with Crippen LogP contribution in [0.1, 0.15) is 73.4 Å². The summed E-state index contributed by atoms with van der Waals surface area (Å²) in [6.45, 7) is 2.35. The van der Waals surface area contributed by atoms with Gasteiger partial charge in [0.2, 0.25) is 0 Å². The summed E-state index contributed by atoms with van der Waals surface area (Å²) in [7, 11) is 0. The van der Waals surface area contributed by atoms with Crippen molar-refractivity contribution < 1.29 is 27.1 Å². The third-order valence-electron chi connectivity index (χ3n) is 7.19. The smallest absolute Gasteiger partial charge is 0.419 e. The lowest BCUT2D eigenvalue weighted by atomic mass is 9.75. The van der Waals surface area contributed by atoms with Gasteiger partial charge in [0.1, 0.15) is 11.6 Å². The SMILES string of the molecule is CC1CCC(C2=CCC(/C=C/c3ccc(C(=O)Oc4ccc(C(F)(F)F)c(F)c4)cc3)CC2)CC1. The van der Waals surface area contributed by atoms with E-state index in [4.69, 9.17) is 4.74 Å². The van der Waals surface area contributed by atoms with Crippen molar-refractivity contribution in [3.8, 4) is 5.75 Å². The highest BCUT2D eigenvalue weighted by Gasteiger charge is 2.34. The van der Waals surface area contributed by atoms with Crippen LogP contribution in [0.4, 0.5) is 17.6 Å². The molecule has 0 spiro atoms. The topological polar surface area (TPSA) is 26.3 Å². The lowest BCUT2D eigenvalue weighted by molar-refractivity contribution is -0.140. The molecule has 1 fully saturated rings. The maximum Gasteiger partial charge on any atom is 0.419 e. The minimum absolute atomic E-state index is 0.231. The monoisotopic (exact) mass is 486 g/mol. The van der Waals surface area contributed by atoms with Gasteiger partial charge >= 0.3 is 12.1 Å². The second kappa shape index (κ2) is 10.8. The highest BCUT2D eigenvalue weighted by Crippen LogP contribution is 2.38. The van der Waals surface area contributed by atoms with Gasteiger partial charge in [0, 0.05) is 6.07 Å². The number of carbonyl (C=O) groups is 1. The Bertz CT molecular complexity index is 1090. The van der Waals surface area contributed by atoms with E-state index in [1.54, 1.807) is 29.8 Å². The van der Waals surface area contributed by atoms with Gasteiger partial charge in [-0.25, -0.2) is 9.18 Å². The van der Waals surface area contributed by atoms with Crippen LogP contribution in [0.15, 0.2) is 60.2 Å². The van der Waals surface area contributed by atoms with E-state index >= 15 is 0 Å². The van der Waals surface area contributed by atoms with Crippen molar-refractivity contribution >= 4 is 12.0 Å². The van der Waals surface area contributed by atoms with Gasteiger partial charge < -0.3 is 4.74 Å². The van der Waals surface area contributed by atoms with Crippen LogP contribution in [0.3, 0.4) is 0 Å². The highest BCUT2D eigenvalue weighted by atomic mass is 19.4. The fourth-order valence-corrected chi connectivity index (χ4v) is 4.98. The molecule has 0 amide bonds. The molecule has 0 N–H and O–H groups in total. The van der Waals surface area contributed by atoms with Crippen molar-refractivity contribution in [3.63, 3.8) is 0 Å². The van der Waals surface area contributed by atoms with E-state index in [9.17, 15) is 22.4 Å². The molecule has 0 heterocycles. The highest BCUT2D eigenvalue weighted by molar-refractivity contribution is 5.91. The predicted octanol–water partition coefficient (Wildman–Crippen LogP) is 8.63. The van der Waals surface area contributed by atoms with E-state index in [0.717, 1.165) is 36.3 Å². The second-order valence-corrected chi connectivity index (χ2v) is 9.78. The first-order valence-corrected chi connectivity index (χ1v) is 12.2. The van der Waals surface area contributed by atoms with Crippen LogP contribution in [0.5, 0.6) is 5.75 Å². The summed E-state index contributed by atoms with van der Waals surface area (Å²) in [4.78, 5) is 12.3. The van der Waals surface area contributed by atoms with E-state index in [1.807, 2.05) is 6.08 Å². The molecule has 1 saturated carbocycles. The summed E-state index contributed by atoms with van der Waals surface area (Å²) in [5.41, 5.74) is 1.42. The fraction of sp³-hybridized carbons (Fsp3) is 0.414. The summed E-state index contributed by atoms with van der Waals surface area (Å²) < 4.78 is 56.8. The Balaban J connectivity index is 1.30. The fourth-order valence-electron chi connectivity index (χ4n) is 4.98. The van der Waals surface area contributed by atoms with E-state index in [2.05, 4.69) is 19.1 Å². The van der Waals surface area contributed by atoms with Crippen molar-refractivity contribution in [2.45, 2.75) is 58.0 Å². The molecule has 0 aromatic heterocycles. The molecular formula is C29H30F4O2. The molecule has 186 valence electrons. The zero-order valence-electron chi connectivity index (χ0n) is 19.8. The van der Waals surface area contributed by atoms with Gasteiger partial charge in [-0.15, -0.1) is 0 Å². The zero-order valence-corrected chi connectivity index (χ0v) is 19.8. The number of allylic oxidation sites excluding steroid dienone is 3. The average molecular weight is 487 g/mol.